The highest BCUT2D eigenvalue weighted by atomic mass is 16.5. The van der Waals surface area contributed by atoms with E-state index in [4.69, 9.17) is 4.74 Å². The first-order valence-electron chi connectivity index (χ1n) is 12.1. The van der Waals surface area contributed by atoms with Crippen molar-refractivity contribution < 1.29 is 14.9 Å². The normalized spacial score (nSPS) is 13.4. The van der Waals surface area contributed by atoms with Crippen LogP contribution in [0.2, 0.25) is 0 Å². The molecule has 2 atom stereocenters. The summed E-state index contributed by atoms with van der Waals surface area (Å²) in [5.41, 5.74) is 1.19. The zero-order chi connectivity index (χ0) is 21.2. The van der Waals surface area contributed by atoms with Gasteiger partial charge in [-0.1, -0.05) is 96.1 Å². The van der Waals surface area contributed by atoms with Crippen LogP contribution in [0.3, 0.4) is 0 Å². The van der Waals surface area contributed by atoms with Gasteiger partial charge in [0.2, 0.25) is 0 Å². The lowest BCUT2D eigenvalue weighted by molar-refractivity contribution is 0.0697. The molecule has 0 saturated heterocycles. The fourth-order valence-electron chi connectivity index (χ4n) is 3.90. The smallest absolute Gasteiger partial charge is 0.118 e. The summed E-state index contributed by atoms with van der Waals surface area (Å²) < 4.78 is 5.16. The fraction of sp³-hybridized carbons (Fsp3) is 0.769. The third-order valence-corrected chi connectivity index (χ3v) is 5.86. The van der Waals surface area contributed by atoms with Gasteiger partial charge in [-0.25, -0.2) is 0 Å². The predicted octanol–water partition coefficient (Wildman–Crippen LogP) is 6.83. The largest absolute Gasteiger partial charge is 0.497 e. The van der Waals surface area contributed by atoms with E-state index in [2.05, 4.69) is 6.92 Å². The van der Waals surface area contributed by atoms with Gasteiger partial charge in [0.15, 0.2) is 0 Å². The highest BCUT2D eigenvalue weighted by Gasteiger charge is 2.12. The van der Waals surface area contributed by atoms with Crippen LogP contribution in [0.5, 0.6) is 5.75 Å². The summed E-state index contributed by atoms with van der Waals surface area (Å²) in [6.07, 6.45) is 18.0. The Morgan fingerprint density at radius 2 is 1.17 bits per heavy atom. The number of benzene rings is 1. The Morgan fingerprint density at radius 3 is 1.69 bits per heavy atom. The zero-order valence-corrected chi connectivity index (χ0v) is 19.1. The summed E-state index contributed by atoms with van der Waals surface area (Å²) in [6, 6.07) is 7.97. The molecule has 0 unspecified atom stereocenters. The number of hydrogen-bond acceptors (Lipinski definition) is 3. The first-order valence-corrected chi connectivity index (χ1v) is 12.1. The molecule has 0 aliphatic rings. The number of aliphatic hydroxyl groups is 2. The van der Waals surface area contributed by atoms with Crippen LogP contribution in [0.25, 0.3) is 0 Å². The van der Waals surface area contributed by atoms with Crippen molar-refractivity contribution in [3.8, 4) is 5.75 Å². The van der Waals surface area contributed by atoms with Crippen LogP contribution in [0.15, 0.2) is 24.3 Å². The van der Waals surface area contributed by atoms with Gasteiger partial charge in [0.25, 0.3) is 0 Å². The summed E-state index contributed by atoms with van der Waals surface area (Å²) in [5, 5.41) is 20.4. The molecule has 1 rings (SSSR count). The maximum absolute atomic E-state index is 10.2. The van der Waals surface area contributed by atoms with E-state index in [1.54, 1.807) is 7.11 Å². The maximum atomic E-state index is 10.2. The van der Waals surface area contributed by atoms with Crippen molar-refractivity contribution in [1.29, 1.82) is 0 Å². The van der Waals surface area contributed by atoms with Crippen LogP contribution in [0, 0.1) is 0 Å². The standard InChI is InChI=1S/C26H46O3/c1-3-4-5-6-7-8-9-10-11-12-13-14-15-24(27)22-25(28)19-16-23-17-20-26(29-2)21-18-23/h17-18,20-21,24-25,27-28H,3-16,19,22H2,1-2H3/t24-,25+/m1/s1. The summed E-state index contributed by atoms with van der Waals surface area (Å²) in [7, 11) is 1.66. The third-order valence-electron chi connectivity index (χ3n) is 5.86. The van der Waals surface area contributed by atoms with Crippen molar-refractivity contribution in [2.24, 2.45) is 0 Å². The average Bonchev–Trinajstić information content (AvgIpc) is 2.73. The van der Waals surface area contributed by atoms with Gasteiger partial charge in [0.1, 0.15) is 5.75 Å². The molecule has 168 valence electrons. The van der Waals surface area contributed by atoms with Crippen molar-refractivity contribution in [3.63, 3.8) is 0 Å². The van der Waals surface area contributed by atoms with Gasteiger partial charge in [-0.2, -0.15) is 0 Å². The highest BCUT2D eigenvalue weighted by molar-refractivity contribution is 5.27. The van der Waals surface area contributed by atoms with Crippen LogP contribution in [-0.4, -0.2) is 29.5 Å². The third kappa shape index (κ3) is 14.5. The molecule has 0 aromatic heterocycles. The maximum Gasteiger partial charge on any atom is 0.118 e. The average molecular weight is 407 g/mol. The fourth-order valence-corrected chi connectivity index (χ4v) is 3.90. The molecular formula is C26H46O3. The summed E-state index contributed by atoms with van der Waals surface area (Å²) in [5.74, 6) is 0.854. The molecule has 3 heteroatoms. The Balaban J connectivity index is 1.93. The Bertz CT molecular complexity index is 471. The molecule has 0 radical (unpaired) electrons. The first-order chi connectivity index (χ1) is 14.2. The van der Waals surface area contributed by atoms with Crippen LogP contribution in [-0.2, 0) is 6.42 Å². The molecule has 3 nitrogen and oxygen atoms in total. The molecule has 0 aliphatic heterocycles. The lowest BCUT2D eigenvalue weighted by Crippen LogP contribution is -2.18. The van der Waals surface area contributed by atoms with Crippen LogP contribution in [0.1, 0.15) is 109 Å². The molecule has 0 aliphatic carbocycles. The molecule has 0 amide bonds. The molecule has 0 saturated carbocycles. The molecule has 1 aromatic carbocycles. The molecule has 0 spiro atoms. The number of ether oxygens (including phenoxy) is 1. The van der Waals surface area contributed by atoms with Crippen LogP contribution >= 0.6 is 0 Å². The first kappa shape index (κ1) is 26.0. The van der Waals surface area contributed by atoms with Gasteiger partial charge in [-0.3, -0.25) is 0 Å². The van der Waals surface area contributed by atoms with Gasteiger partial charge in [0, 0.05) is 0 Å². The number of rotatable bonds is 19. The zero-order valence-electron chi connectivity index (χ0n) is 19.1. The topological polar surface area (TPSA) is 49.7 Å². The van der Waals surface area contributed by atoms with E-state index in [1.165, 1.54) is 76.2 Å². The highest BCUT2D eigenvalue weighted by Crippen LogP contribution is 2.17. The van der Waals surface area contributed by atoms with Gasteiger partial charge in [-0.15, -0.1) is 0 Å². The van der Waals surface area contributed by atoms with Crippen molar-refractivity contribution in [2.75, 3.05) is 7.11 Å². The van der Waals surface area contributed by atoms with Crippen molar-refractivity contribution in [2.45, 2.75) is 122 Å². The van der Waals surface area contributed by atoms with Crippen molar-refractivity contribution >= 4 is 0 Å². The molecule has 0 fully saturated rings. The molecule has 29 heavy (non-hydrogen) atoms. The van der Waals surface area contributed by atoms with E-state index in [-0.39, 0.29) is 6.10 Å². The van der Waals surface area contributed by atoms with Crippen LogP contribution in [0.4, 0.5) is 0 Å². The molecule has 0 bridgehead atoms. The second-order valence-corrected chi connectivity index (χ2v) is 8.61. The van der Waals surface area contributed by atoms with Crippen LogP contribution < -0.4 is 4.74 Å². The summed E-state index contributed by atoms with van der Waals surface area (Å²) in [4.78, 5) is 0. The van der Waals surface area contributed by atoms with E-state index >= 15 is 0 Å². The number of aryl methyl sites for hydroxylation is 1. The minimum absolute atomic E-state index is 0.371. The Hall–Kier alpha value is -1.06. The Kier molecular flexibility index (Phi) is 15.9. The minimum Gasteiger partial charge on any atom is -0.497 e. The lowest BCUT2D eigenvalue weighted by Gasteiger charge is -2.16. The quantitative estimate of drug-likeness (QED) is 0.247. The number of unbranched alkanes of at least 4 members (excludes halogenated alkanes) is 11. The van der Waals surface area contributed by atoms with Gasteiger partial charge in [0.05, 0.1) is 19.3 Å². The van der Waals surface area contributed by atoms with E-state index in [9.17, 15) is 10.2 Å². The molecule has 0 heterocycles. The van der Waals surface area contributed by atoms with Gasteiger partial charge >= 0.3 is 0 Å². The lowest BCUT2D eigenvalue weighted by atomic mass is 9.99. The van der Waals surface area contributed by atoms with E-state index < -0.39 is 6.10 Å². The number of methoxy groups -OCH3 is 1. The van der Waals surface area contributed by atoms with Gasteiger partial charge in [-0.05, 0) is 43.4 Å². The van der Waals surface area contributed by atoms with Crippen molar-refractivity contribution in [1.82, 2.24) is 0 Å². The van der Waals surface area contributed by atoms with Gasteiger partial charge < -0.3 is 14.9 Å². The van der Waals surface area contributed by atoms with E-state index in [1.807, 2.05) is 24.3 Å². The number of hydrogen-bond donors (Lipinski definition) is 2. The Labute approximate surface area is 179 Å². The summed E-state index contributed by atoms with van der Waals surface area (Å²) >= 11 is 0. The Morgan fingerprint density at radius 1 is 0.690 bits per heavy atom. The minimum atomic E-state index is -0.426. The second kappa shape index (κ2) is 17.8. The monoisotopic (exact) mass is 406 g/mol. The van der Waals surface area contributed by atoms with Crippen molar-refractivity contribution in [3.05, 3.63) is 29.8 Å². The van der Waals surface area contributed by atoms with E-state index in [0.29, 0.717) is 12.8 Å². The SMILES string of the molecule is CCCCCCCCCCCCCC[C@@H](O)C[C@@H](O)CCc1ccc(OC)cc1. The molecule has 2 N–H and O–H groups in total. The second-order valence-electron chi connectivity index (χ2n) is 8.61. The number of aliphatic hydroxyl groups excluding tert-OH is 2. The summed E-state index contributed by atoms with van der Waals surface area (Å²) in [6.45, 7) is 2.27. The molecule has 1 aromatic rings. The molecular weight excluding hydrogens is 360 g/mol. The predicted molar refractivity (Wildman–Crippen MR) is 124 cm³/mol. The van der Waals surface area contributed by atoms with E-state index in [0.717, 1.165) is 25.0 Å².